The molecule has 0 radical (unpaired) electrons. The molecule has 1 aromatic carbocycles. The van der Waals surface area contributed by atoms with Crippen LogP contribution in [-0.2, 0) is 7.05 Å². The van der Waals surface area contributed by atoms with Crippen LogP contribution in [0.25, 0.3) is 0 Å². The Morgan fingerprint density at radius 3 is 2.52 bits per heavy atom. The van der Waals surface area contributed by atoms with Crippen molar-refractivity contribution >= 4 is 0 Å². The lowest BCUT2D eigenvalue weighted by Crippen LogP contribution is -2.24. The van der Waals surface area contributed by atoms with E-state index >= 15 is 0 Å². The Kier molecular flexibility index (Phi) is 5.81. The van der Waals surface area contributed by atoms with Gasteiger partial charge in [-0.05, 0) is 37.1 Å². The lowest BCUT2D eigenvalue weighted by molar-refractivity contribution is 0.317. The number of hydrogen-bond acceptors (Lipinski definition) is 3. The molecule has 0 saturated heterocycles. The number of hydrogen-bond donors (Lipinski definition) is 1. The number of nitrogens with one attached hydrogen (secondary N) is 1. The fraction of sp³-hybridized carbons (Fsp3) is 0.471. The molecule has 0 aliphatic rings. The number of aromatic nitrogens is 2. The fourth-order valence-electron chi connectivity index (χ4n) is 2.30. The number of nitrogens with zero attached hydrogens (tertiary/aromatic N) is 2. The summed E-state index contributed by atoms with van der Waals surface area (Å²) in [5.41, 5.74) is 2.40. The van der Waals surface area contributed by atoms with Gasteiger partial charge < -0.3 is 14.6 Å². The Balaban J connectivity index is 2.18. The van der Waals surface area contributed by atoms with Crippen LogP contribution in [0.1, 0.15) is 44.0 Å². The number of benzene rings is 1. The Labute approximate surface area is 127 Å². The lowest BCUT2D eigenvalue weighted by atomic mass is 10.0. The largest absolute Gasteiger partial charge is 0.494 e. The van der Waals surface area contributed by atoms with E-state index in [9.17, 15) is 0 Å². The minimum Gasteiger partial charge on any atom is -0.494 e. The summed E-state index contributed by atoms with van der Waals surface area (Å²) in [6.07, 6.45) is 5.90. The van der Waals surface area contributed by atoms with E-state index in [4.69, 9.17) is 4.74 Å². The van der Waals surface area contributed by atoms with Crippen LogP contribution < -0.4 is 10.1 Å². The number of aryl methyl sites for hydroxylation is 1. The zero-order valence-corrected chi connectivity index (χ0v) is 13.2. The van der Waals surface area contributed by atoms with E-state index in [0.717, 1.165) is 31.7 Å². The summed E-state index contributed by atoms with van der Waals surface area (Å²) in [6.45, 7) is 6.03. The van der Waals surface area contributed by atoms with Gasteiger partial charge in [-0.2, -0.15) is 0 Å². The monoisotopic (exact) mass is 287 g/mol. The van der Waals surface area contributed by atoms with Crippen molar-refractivity contribution in [2.24, 2.45) is 7.05 Å². The quantitative estimate of drug-likeness (QED) is 0.809. The summed E-state index contributed by atoms with van der Waals surface area (Å²) in [7, 11) is 2.03. The molecular weight excluding hydrogens is 262 g/mol. The van der Waals surface area contributed by atoms with E-state index in [1.165, 1.54) is 11.3 Å². The highest BCUT2D eigenvalue weighted by Gasteiger charge is 2.16. The first kappa shape index (κ1) is 15.6. The highest BCUT2D eigenvalue weighted by molar-refractivity contribution is 5.33. The predicted octanol–water partition coefficient (Wildman–Crippen LogP) is 3.30. The average Bonchev–Trinajstić information content (AvgIpc) is 2.93. The summed E-state index contributed by atoms with van der Waals surface area (Å²) in [6, 6.07) is 8.51. The van der Waals surface area contributed by atoms with Crippen LogP contribution in [0.5, 0.6) is 5.75 Å². The molecule has 21 heavy (non-hydrogen) atoms. The first-order valence-electron chi connectivity index (χ1n) is 7.68. The van der Waals surface area contributed by atoms with Crippen LogP contribution in [0.4, 0.5) is 0 Å². The molecule has 1 atom stereocenters. The van der Waals surface area contributed by atoms with Crippen LogP contribution >= 0.6 is 0 Å². The van der Waals surface area contributed by atoms with Crippen LogP contribution in [-0.4, -0.2) is 22.7 Å². The van der Waals surface area contributed by atoms with E-state index < -0.39 is 0 Å². The molecule has 1 aromatic heterocycles. The van der Waals surface area contributed by atoms with Gasteiger partial charge in [0.05, 0.1) is 30.9 Å². The Morgan fingerprint density at radius 1 is 1.19 bits per heavy atom. The van der Waals surface area contributed by atoms with Gasteiger partial charge in [-0.25, -0.2) is 4.98 Å². The maximum Gasteiger partial charge on any atom is 0.119 e. The molecular formula is C17H25N3O. The van der Waals surface area contributed by atoms with Crippen molar-refractivity contribution in [3.8, 4) is 5.75 Å². The minimum atomic E-state index is 0.165. The van der Waals surface area contributed by atoms with E-state index in [2.05, 4.69) is 40.8 Å². The summed E-state index contributed by atoms with van der Waals surface area (Å²) in [5.74, 6) is 0.930. The van der Waals surface area contributed by atoms with E-state index in [1.54, 1.807) is 0 Å². The highest BCUT2D eigenvalue weighted by atomic mass is 16.5. The molecule has 1 N–H and O–H groups in total. The molecule has 0 fully saturated rings. The van der Waals surface area contributed by atoms with Gasteiger partial charge in [0.15, 0.2) is 0 Å². The van der Waals surface area contributed by atoms with Crippen molar-refractivity contribution in [2.75, 3.05) is 13.2 Å². The van der Waals surface area contributed by atoms with Gasteiger partial charge >= 0.3 is 0 Å². The lowest BCUT2D eigenvalue weighted by Gasteiger charge is -2.20. The zero-order valence-electron chi connectivity index (χ0n) is 13.2. The second-order valence-corrected chi connectivity index (χ2v) is 5.23. The molecule has 0 spiro atoms. The van der Waals surface area contributed by atoms with E-state index in [-0.39, 0.29) is 6.04 Å². The molecule has 0 saturated carbocycles. The van der Waals surface area contributed by atoms with Gasteiger partial charge in [0, 0.05) is 7.05 Å². The molecule has 114 valence electrons. The molecule has 2 aromatic rings. The third-order valence-electron chi connectivity index (χ3n) is 3.43. The molecule has 4 nitrogen and oxygen atoms in total. The van der Waals surface area contributed by atoms with Crippen molar-refractivity contribution in [1.29, 1.82) is 0 Å². The van der Waals surface area contributed by atoms with Crippen LogP contribution in [0.15, 0.2) is 36.8 Å². The second kappa shape index (κ2) is 7.84. The minimum absolute atomic E-state index is 0.165. The van der Waals surface area contributed by atoms with E-state index in [1.807, 2.05) is 31.7 Å². The van der Waals surface area contributed by atoms with Crippen molar-refractivity contribution < 1.29 is 4.74 Å². The molecule has 0 bridgehead atoms. The van der Waals surface area contributed by atoms with Gasteiger partial charge in [-0.3, -0.25) is 0 Å². The SMILES string of the molecule is CCCNC(c1ccc(OCCC)cc1)c1cncn1C. The topological polar surface area (TPSA) is 39.1 Å². The first-order valence-corrected chi connectivity index (χ1v) is 7.68. The Bertz CT molecular complexity index is 533. The normalized spacial score (nSPS) is 12.3. The number of rotatable bonds is 8. The van der Waals surface area contributed by atoms with Crippen LogP contribution in [0.3, 0.4) is 0 Å². The third kappa shape index (κ3) is 4.08. The Morgan fingerprint density at radius 2 is 1.95 bits per heavy atom. The number of imidazole rings is 1. The van der Waals surface area contributed by atoms with Crippen LogP contribution in [0.2, 0.25) is 0 Å². The zero-order chi connectivity index (χ0) is 15.1. The number of ether oxygens (including phenoxy) is 1. The molecule has 0 aliphatic heterocycles. The average molecular weight is 287 g/mol. The third-order valence-corrected chi connectivity index (χ3v) is 3.43. The van der Waals surface area contributed by atoms with Crippen molar-refractivity contribution in [3.63, 3.8) is 0 Å². The Hall–Kier alpha value is -1.81. The maximum atomic E-state index is 5.65. The second-order valence-electron chi connectivity index (χ2n) is 5.23. The summed E-state index contributed by atoms with van der Waals surface area (Å²) >= 11 is 0. The van der Waals surface area contributed by atoms with Gasteiger partial charge in [0.1, 0.15) is 5.75 Å². The highest BCUT2D eigenvalue weighted by Crippen LogP contribution is 2.23. The van der Waals surface area contributed by atoms with Gasteiger partial charge in [0.25, 0.3) is 0 Å². The van der Waals surface area contributed by atoms with Crippen molar-refractivity contribution in [1.82, 2.24) is 14.9 Å². The fourth-order valence-corrected chi connectivity index (χ4v) is 2.30. The molecule has 2 rings (SSSR count). The molecule has 1 heterocycles. The smallest absolute Gasteiger partial charge is 0.119 e. The predicted molar refractivity (Wildman–Crippen MR) is 85.6 cm³/mol. The van der Waals surface area contributed by atoms with Gasteiger partial charge in [-0.15, -0.1) is 0 Å². The molecule has 0 amide bonds. The summed E-state index contributed by atoms with van der Waals surface area (Å²) in [5, 5.41) is 3.59. The summed E-state index contributed by atoms with van der Waals surface area (Å²) < 4.78 is 7.71. The first-order chi connectivity index (χ1) is 10.3. The molecule has 4 heteroatoms. The van der Waals surface area contributed by atoms with E-state index in [0.29, 0.717) is 0 Å². The van der Waals surface area contributed by atoms with Crippen LogP contribution in [0, 0.1) is 0 Å². The summed E-state index contributed by atoms with van der Waals surface area (Å²) in [4.78, 5) is 4.23. The standard InChI is InChI=1S/C17H25N3O/c1-4-10-19-17(16-12-18-13-20(16)3)14-6-8-15(9-7-14)21-11-5-2/h6-9,12-13,17,19H,4-5,10-11H2,1-3H3. The molecule has 0 aliphatic carbocycles. The van der Waals surface area contributed by atoms with Crippen molar-refractivity contribution in [2.45, 2.75) is 32.7 Å². The molecule has 1 unspecified atom stereocenters. The van der Waals surface area contributed by atoms with Gasteiger partial charge in [0.2, 0.25) is 0 Å². The van der Waals surface area contributed by atoms with Gasteiger partial charge in [-0.1, -0.05) is 26.0 Å². The van der Waals surface area contributed by atoms with Crippen molar-refractivity contribution in [3.05, 3.63) is 48.0 Å². The maximum absolute atomic E-state index is 5.65.